The van der Waals surface area contributed by atoms with Crippen molar-refractivity contribution in [3.8, 4) is 5.75 Å². The maximum absolute atomic E-state index is 12.7. The fourth-order valence-electron chi connectivity index (χ4n) is 3.66. The number of anilines is 1. The highest BCUT2D eigenvalue weighted by Crippen LogP contribution is 2.23. The van der Waals surface area contributed by atoms with Crippen LogP contribution >= 0.6 is 11.3 Å². The summed E-state index contributed by atoms with van der Waals surface area (Å²) in [6.45, 7) is 1.08. The van der Waals surface area contributed by atoms with Crippen molar-refractivity contribution in [1.82, 2.24) is 15.1 Å². The number of carbonyl (C=O) groups is 2. The number of carbonyl (C=O) groups excluding carboxylic acids is 2. The van der Waals surface area contributed by atoms with Gasteiger partial charge in [0, 0.05) is 25.4 Å². The summed E-state index contributed by atoms with van der Waals surface area (Å²) in [5, 5.41) is 10.8. The number of nitrogens with one attached hydrogen (secondary N) is 1. The van der Waals surface area contributed by atoms with Crippen LogP contribution in [0.15, 0.2) is 60.1 Å². The van der Waals surface area contributed by atoms with E-state index < -0.39 is 0 Å². The van der Waals surface area contributed by atoms with E-state index in [1.165, 1.54) is 16.9 Å². The molecule has 1 aliphatic rings. The normalized spacial score (nSPS) is 14.3. The van der Waals surface area contributed by atoms with Crippen LogP contribution in [-0.4, -0.2) is 46.6 Å². The third kappa shape index (κ3) is 5.67. The molecule has 0 atom stereocenters. The summed E-state index contributed by atoms with van der Waals surface area (Å²) in [6, 6.07) is 18.0. The molecule has 1 fully saturated rings. The molecule has 4 rings (SSSR count). The van der Waals surface area contributed by atoms with Crippen LogP contribution in [0.3, 0.4) is 0 Å². The molecule has 2 amide bonds. The SMILES string of the molecule is O=C(Nc1nncs1)C1CCN(C(=O)COc2ccccc2Cc2ccccc2)CC1. The number of nitrogens with zero attached hydrogens (tertiary/aromatic N) is 3. The van der Waals surface area contributed by atoms with Gasteiger partial charge in [-0.25, -0.2) is 0 Å². The first-order valence-corrected chi connectivity index (χ1v) is 11.2. The molecule has 0 aliphatic carbocycles. The molecule has 0 unspecified atom stereocenters. The van der Waals surface area contributed by atoms with Crippen molar-refractivity contribution < 1.29 is 14.3 Å². The summed E-state index contributed by atoms with van der Waals surface area (Å²) < 4.78 is 5.88. The van der Waals surface area contributed by atoms with Crippen LogP contribution in [0.5, 0.6) is 5.75 Å². The summed E-state index contributed by atoms with van der Waals surface area (Å²) in [7, 11) is 0. The second-order valence-electron chi connectivity index (χ2n) is 7.45. The topological polar surface area (TPSA) is 84.4 Å². The van der Waals surface area contributed by atoms with E-state index in [0.29, 0.717) is 31.1 Å². The number of rotatable bonds is 7. The van der Waals surface area contributed by atoms with Gasteiger partial charge in [-0.1, -0.05) is 59.9 Å². The van der Waals surface area contributed by atoms with Crippen molar-refractivity contribution in [2.75, 3.05) is 25.0 Å². The zero-order valence-corrected chi connectivity index (χ0v) is 17.9. The van der Waals surface area contributed by atoms with Gasteiger partial charge in [-0.2, -0.15) is 0 Å². The van der Waals surface area contributed by atoms with E-state index in [-0.39, 0.29) is 24.3 Å². The minimum absolute atomic E-state index is 0.00650. The quantitative estimate of drug-likeness (QED) is 0.614. The molecular formula is C23H24N4O3S. The fourth-order valence-corrected chi connectivity index (χ4v) is 4.11. The summed E-state index contributed by atoms with van der Waals surface area (Å²) in [6.07, 6.45) is 2.00. The molecule has 0 radical (unpaired) electrons. The predicted octanol–water partition coefficient (Wildman–Crippen LogP) is 3.39. The maximum atomic E-state index is 12.7. The van der Waals surface area contributed by atoms with E-state index >= 15 is 0 Å². The van der Waals surface area contributed by atoms with Gasteiger partial charge in [0.15, 0.2) is 6.61 Å². The summed E-state index contributed by atoms with van der Waals surface area (Å²) in [5.74, 6) is 0.485. The van der Waals surface area contributed by atoms with Gasteiger partial charge >= 0.3 is 0 Å². The van der Waals surface area contributed by atoms with E-state index in [2.05, 4.69) is 27.6 Å². The molecule has 31 heavy (non-hydrogen) atoms. The first kappa shape index (κ1) is 21.0. The molecule has 7 nitrogen and oxygen atoms in total. The zero-order valence-electron chi connectivity index (χ0n) is 17.1. The monoisotopic (exact) mass is 436 g/mol. The number of likely N-dealkylation sites (tertiary alicyclic amines) is 1. The summed E-state index contributed by atoms with van der Waals surface area (Å²) in [5.41, 5.74) is 3.82. The van der Waals surface area contributed by atoms with E-state index in [1.54, 1.807) is 10.4 Å². The first-order valence-electron chi connectivity index (χ1n) is 10.3. The molecule has 2 heterocycles. The van der Waals surface area contributed by atoms with E-state index in [4.69, 9.17) is 4.74 Å². The van der Waals surface area contributed by atoms with Crippen molar-refractivity contribution in [3.05, 3.63) is 71.2 Å². The number of hydrogen-bond acceptors (Lipinski definition) is 6. The lowest BCUT2D eigenvalue weighted by Crippen LogP contribution is -2.43. The van der Waals surface area contributed by atoms with Gasteiger partial charge in [-0.05, 0) is 30.0 Å². The molecular weight excluding hydrogens is 412 g/mol. The summed E-state index contributed by atoms with van der Waals surface area (Å²) >= 11 is 1.29. The minimum atomic E-state index is -0.125. The number of aromatic nitrogens is 2. The van der Waals surface area contributed by atoms with E-state index in [9.17, 15) is 9.59 Å². The zero-order chi connectivity index (χ0) is 21.5. The Morgan fingerprint density at radius 2 is 1.81 bits per heavy atom. The van der Waals surface area contributed by atoms with Crippen molar-refractivity contribution in [2.45, 2.75) is 19.3 Å². The van der Waals surface area contributed by atoms with Gasteiger partial charge in [0.05, 0.1) is 0 Å². The molecule has 3 aromatic rings. The van der Waals surface area contributed by atoms with Crippen molar-refractivity contribution in [1.29, 1.82) is 0 Å². The Bertz CT molecular complexity index is 1000. The van der Waals surface area contributed by atoms with Gasteiger partial charge in [-0.15, -0.1) is 10.2 Å². The Hall–Kier alpha value is -3.26. The maximum Gasteiger partial charge on any atom is 0.260 e. The van der Waals surface area contributed by atoms with Crippen LogP contribution in [0.25, 0.3) is 0 Å². The summed E-state index contributed by atoms with van der Waals surface area (Å²) in [4.78, 5) is 26.8. The number of hydrogen-bond donors (Lipinski definition) is 1. The van der Waals surface area contributed by atoms with Gasteiger partial charge in [0.25, 0.3) is 5.91 Å². The molecule has 1 aliphatic heterocycles. The van der Waals surface area contributed by atoms with Crippen LogP contribution in [0.2, 0.25) is 0 Å². The smallest absolute Gasteiger partial charge is 0.260 e. The third-order valence-corrected chi connectivity index (χ3v) is 5.98. The second-order valence-corrected chi connectivity index (χ2v) is 8.28. The Morgan fingerprint density at radius 3 is 2.55 bits per heavy atom. The lowest BCUT2D eigenvalue weighted by Gasteiger charge is -2.31. The predicted molar refractivity (Wildman–Crippen MR) is 119 cm³/mol. The highest BCUT2D eigenvalue weighted by atomic mass is 32.1. The van der Waals surface area contributed by atoms with E-state index in [1.807, 2.05) is 42.5 Å². The van der Waals surface area contributed by atoms with Crippen LogP contribution in [0.4, 0.5) is 5.13 Å². The molecule has 160 valence electrons. The van der Waals surface area contributed by atoms with Crippen LogP contribution in [0, 0.1) is 5.92 Å². The molecule has 1 N–H and O–H groups in total. The average molecular weight is 437 g/mol. The Labute approximate surface area is 185 Å². The molecule has 0 bridgehead atoms. The highest BCUT2D eigenvalue weighted by molar-refractivity contribution is 7.13. The minimum Gasteiger partial charge on any atom is -0.483 e. The number of ether oxygens (including phenoxy) is 1. The first-order chi connectivity index (χ1) is 15.2. The fraction of sp³-hybridized carbons (Fsp3) is 0.304. The van der Waals surface area contributed by atoms with Crippen LogP contribution in [-0.2, 0) is 16.0 Å². The number of piperidine rings is 1. The van der Waals surface area contributed by atoms with E-state index in [0.717, 1.165) is 17.7 Å². The standard InChI is InChI=1S/C23H24N4O3S/c28-21(27-12-10-18(11-13-27)22(29)25-23-26-24-16-31-23)15-30-20-9-5-4-8-19(20)14-17-6-2-1-3-7-17/h1-9,16,18H,10-15H2,(H,25,26,29). The molecule has 0 saturated carbocycles. The molecule has 0 spiro atoms. The number of benzene rings is 2. The van der Waals surface area contributed by atoms with Crippen LogP contribution in [0.1, 0.15) is 24.0 Å². The van der Waals surface area contributed by atoms with Gasteiger partial charge in [0.1, 0.15) is 11.3 Å². The Morgan fingerprint density at radius 1 is 1.06 bits per heavy atom. The largest absolute Gasteiger partial charge is 0.483 e. The lowest BCUT2D eigenvalue weighted by atomic mass is 9.96. The number of para-hydroxylation sites is 1. The van der Waals surface area contributed by atoms with Crippen LogP contribution < -0.4 is 10.1 Å². The Balaban J connectivity index is 1.27. The second kappa shape index (κ2) is 10.2. The van der Waals surface area contributed by atoms with Crippen molar-refractivity contribution in [2.24, 2.45) is 5.92 Å². The molecule has 1 aromatic heterocycles. The average Bonchev–Trinajstić information content (AvgIpc) is 3.32. The van der Waals surface area contributed by atoms with Crippen molar-refractivity contribution >= 4 is 28.3 Å². The Kier molecular flexibility index (Phi) is 6.89. The third-order valence-electron chi connectivity index (χ3n) is 5.37. The molecule has 2 aromatic carbocycles. The highest BCUT2D eigenvalue weighted by Gasteiger charge is 2.28. The van der Waals surface area contributed by atoms with Gasteiger partial charge in [0.2, 0.25) is 11.0 Å². The van der Waals surface area contributed by atoms with Gasteiger partial charge in [-0.3, -0.25) is 9.59 Å². The van der Waals surface area contributed by atoms with Crippen molar-refractivity contribution in [3.63, 3.8) is 0 Å². The molecule has 8 heteroatoms. The molecule has 1 saturated heterocycles. The lowest BCUT2D eigenvalue weighted by molar-refractivity contribution is -0.136. The number of amides is 2. The van der Waals surface area contributed by atoms with Gasteiger partial charge < -0.3 is 15.0 Å².